The first-order valence-electron chi connectivity index (χ1n) is 7.07. The molecule has 0 bridgehead atoms. The summed E-state index contributed by atoms with van der Waals surface area (Å²) in [5.74, 6) is -0.598. The number of hydrogen-bond acceptors (Lipinski definition) is 2. The van der Waals surface area contributed by atoms with Crippen molar-refractivity contribution >= 4 is 29.3 Å². The molecule has 1 fully saturated rings. The van der Waals surface area contributed by atoms with E-state index in [2.05, 4.69) is 10.6 Å². The number of amides is 2. The molecule has 0 saturated heterocycles. The molecule has 5 nitrogen and oxygen atoms in total. The number of urea groups is 1. The van der Waals surface area contributed by atoms with Crippen molar-refractivity contribution in [1.82, 2.24) is 5.32 Å². The Morgan fingerprint density at radius 3 is 2.62 bits per heavy atom. The second kappa shape index (κ2) is 6.80. The fraction of sp³-hybridized carbons (Fsp3) is 0.467. The molecule has 114 valence electrons. The molecule has 1 atom stereocenters. The van der Waals surface area contributed by atoms with Crippen molar-refractivity contribution in [2.75, 3.05) is 5.32 Å². The van der Waals surface area contributed by atoms with E-state index in [0.29, 0.717) is 11.6 Å². The zero-order valence-electron chi connectivity index (χ0n) is 11.9. The van der Waals surface area contributed by atoms with Crippen molar-refractivity contribution in [2.24, 2.45) is 5.92 Å². The Morgan fingerprint density at radius 1 is 1.33 bits per heavy atom. The minimum absolute atomic E-state index is 0.0293. The number of aromatic carboxylic acids is 1. The maximum absolute atomic E-state index is 11.9. The summed E-state index contributed by atoms with van der Waals surface area (Å²) in [6, 6.07) is 4.17. The van der Waals surface area contributed by atoms with Crippen molar-refractivity contribution < 1.29 is 14.7 Å². The van der Waals surface area contributed by atoms with Crippen LogP contribution in [0.5, 0.6) is 0 Å². The van der Waals surface area contributed by atoms with Crippen LogP contribution in [0.15, 0.2) is 18.2 Å². The van der Waals surface area contributed by atoms with Crippen LogP contribution in [0, 0.1) is 5.92 Å². The van der Waals surface area contributed by atoms with Crippen LogP contribution in [0.1, 0.15) is 43.0 Å². The first kappa shape index (κ1) is 15.6. The van der Waals surface area contributed by atoms with E-state index in [1.165, 1.54) is 25.0 Å². The van der Waals surface area contributed by atoms with Gasteiger partial charge >= 0.3 is 12.0 Å². The van der Waals surface area contributed by atoms with E-state index in [0.717, 1.165) is 12.8 Å². The van der Waals surface area contributed by atoms with Gasteiger partial charge in [-0.25, -0.2) is 9.59 Å². The minimum atomic E-state index is -1.12. The van der Waals surface area contributed by atoms with Crippen molar-refractivity contribution in [3.05, 3.63) is 28.8 Å². The first-order chi connectivity index (χ1) is 9.97. The number of anilines is 1. The SMILES string of the molecule is CC(NC(=O)Nc1ccc(Cl)c(C(=O)O)c1)C1CCCC1. The Bertz CT molecular complexity index is 542. The van der Waals surface area contributed by atoms with Gasteiger partial charge in [-0.3, -0.25) is 0 Å². The molecule has 0 spiro atoms. The second-order valence-electron chi connectivity index (χ2n) is 5.43. The van der Waals surface area contributed by atoms with Crippen LogP contribution in [0.25, 0.3) is 0 Å². The van der Waals surface area contributed by atoms with E-state index in [-0.39, 0.29) is 22.7 Å². The third-order valence-corrected chi connectivity index (χ3v) is 4.25. The summed E-state index contributed by atoms with van der Waals surface area (Å²) in [6.45, 7) is 2.00. The molecule has 2 rings (SSSR count). The molecule has 1 aliphatic rings. The number of carboxylic acid groups (broad SMARTS) is 1. The molecule has 1 aromatic rings. The van der Waals surface area contributed by atoms with Crippen molar-refractivity contribution in [2.45, 2.75) is 38.6 Å². The molecule has 3 N–H and O–H groups in total. The number of carbonyl (C=O) groups excluding carboxylic acids is 1. The zero-order valence-corrected chi connectivity index (χ0v) is 12.6. The number of hydrogen-bond donors (Lipinski definition) is 3. The lowest BCUT2D eigenvalue weighted by molar-refractivity contribution is 0.0697. The highest BCUT2D eigenvalue weighted by Crippen LogP contribution is 2.27. The Kier molecular flexibility index (Phi) is 5.07. The fourth-order valence-electron chi connectivity index (χ4n) is 2.72. The molecule has 0 radical (unpaired) electrons. The summed E-state index contributed by atoms with van der Waals surface area (Å²) in [5, 5.41) is 14.7. The van der Waals surface area contributed by atoms with Crippen LogP contribution in [-0.4, -0.2) is 23.1 Å². The standard InChI is InChI=1S/C15H19ClN2O3/c1-9(10-4-2-3-5-10)17-15(21)18-11-6-7-13(16)12(8-11)14(19)20/h6-10H,2-5H2,1H3,(H,19,20)(H2,17,18,21). The summed E-state index contributed by atoms with van der Waals surface area (Å²) in [5.41, 5.74) is 0.381. The molecule has 6 heteroatoms. The third kappa shape index (κ3) is 4.11. The van der Waals surface area contributed by atoms with Crippen molar-refractivity contribution in [1.29, 1.82) is 0 Å². The highest BCUT2D eigenvalue weighted by molar-refractivity contribution is 6.33. The van der Waals surface area contributed by atoms with Gasteiger partial charge in [0, 0.05) is 11.7 Å². The topological polar surface area (TPSA) is 78.4 Å². The smallest absolute Gasteiger partial charge is 0.337 e. The maximum atomic E-state index is 11.9. The predicted octanol–water partition coefficient (Wildman–Crippen LogP) is 3.74. The number of carboxylic acids is 1. The first-order valence-corrected chi connectivity index (χ1v) is 7.45. The number of carbonyl (C=O) groups is 2. The van der Waals surface area contributed by atoms with E-state index >= 15 is 0 Å². The van der Waals surface area contributed by atoms with E-state index in [1.54, 1.807) is 6.07 Å². The summed E-state index contributed by atoms with van der Waals surface area (Å²) in [6.07, 6.45) is 4.73. The molecule has 2 amide bonds. The van der Waals surface area contributed by atoms with E-state index < -0.39 is 5.97 Å². The lowest BCUT2D eigenvalue weighted by Crippen LogP contribution is -2.39. The quantitative estimate of drug-likeness (QED) is 0.792. The van der Waals surface area contributed by atoms with Crippen LogP contribution in [-0.2, 0) is 0 Å². The van der Waals surface area contributed by atoms with E-state index in [4.69, 9.17) is 16.7 Å². The number of benzene rings is 1. The van der Waals surface area contributed by atoms with Crippen LogP contribution < -0.4 is 10.6 Å². The van der Waals surface area contributed by atoms with Gasteiger partial charge in [-0.15, -0.1) is 0 Å². The Hall–Kier alpha value is -1.75. The Morgan fingerprint density at radius 2 is 2.00 bits per heavy atom. The van der Waals surface area contributed by atoms with Crippen molar-refractivity contribution in [3.63, 3.8) is 0 Å². The summed E-state index contributed by atoms with van der Waals surface area (Å²) < 4.78 is 0. The van der Waals surface area contributed by atoms with Crippen LogP contribution in [0.4, 0.5) is 10.5 Å². The molecule has 1 saturated carbocycles. The number of rotatable bonds is 4. The van der Waals surface area contributed by atoms with E-state index in [1.807, 2.05) is 6.92 Å². The monoisotopic (exact) mass is 310 g/mol. The van der Waals surface area contributed by atoms with Crippen molar-refractivity contribution in [3.8, 4) is 0 Å². The number of halogens is 1. The third-order valence-electron chi connectivity index (χ3n) is 3.92. The van der Waals surface area contributed by atoms with Gasteiger partial charge in [-0.2, -0.15) is 0 Å². The van der Waals surface area contributed by atoms with Crippen LogP contribution >= 0.6 is 11.6 Å². The zero-order chi connectivity index (χ0) is 15.4. The normalized spacial score (nSPS) is 16.5. The lowest BCUT2D eigenvalue weighted by atomic mass is 10.0. The largest absolute Gasteiger partial charge is 0.478 e. The summed E-state index contributed by atoms with van der Waals surface area (Å²) in [4.78, 5) is 22.9. The molecular weight excluding hydrogens is 292 g/mol. The average Bonchev–Trinajstić information content (AvgIpc) is 2.94. The number of nitrogens with one attached hydrogen (secondary N) is 2. The summed E-state index contributed by atoms with van der Waals surface area (Å²) in [7, 11) is 0. The highest BCUT2D eigenvalue weighted by atomic mass is 35.5. The summed E-state index contributed by atoms with van der Waals surface area (Å²) >= 11 is 5.79. The van der Waals surface area contributed by atoms with Gasteiger partial charge in [0.05, 0.1) is 10.6 Å². The molecule has 0 aliphatic heterocycles. The molecule has 0 heterocycles. The van der Waals surface area contributed by atoms with Gasteiger partial charge in [0.25, 0.3) is 0 Å². The average molecular weight is 311 g/mol. The van der Waals surface area contributed by atoms with Crippen LogP contribution in [0.3, 0.4) is 0 Å². The maximum Gasteiger partial charge on any atom is 0.337 e. The Labute approximate surface area is 128 Å². The van der Waals surface area contributed by atoms with Gasteiger partial charge < -0.3 is 15.7 Å². The fourth-order valence-corrected chi connectivity index (χ4v) is 2.91. The van der Waals surface area contributed by atoms with Crippen LogP contribution in [0.2, 0.25) is 5.02 Å². The van der Waals surface area contributed by atoms with Gasteiger partial charge in [-0.1, -0.05) is 24.4 Å². The van der Waals surface area contributed by atoms with Gasteiger partial charge in [0.1, 0.15) is 0 Å². The molecular formula is C15H19ClN2O3. The lowest BCUT2D eigenvalue weighted by Gasteiger charge is -2.20. The Balaban J connectivity index is 1.96. The molecule has 1 aliphatic carbocycles. The van der Waals surface area contributed by atoms with Gasteiger partial charge in [0.15, 0.2) is 0 Å². The highest BCUT2D eigenvalue weighted by Gasteiger charge is 2.22. The molecule has 0 aromatic heterocycles. The van der Waals surface area contributed by atoms with Gasteiger partial charge in [0.2, 0.25) is 0 Å². The second-order valence-corrected chi connectivity index (χ2v) is 5.84. The predicted molar refractivity (Wildman–Crippen MR) is 82.0 cm³/mol. The minimum Gasteiger partial charge on any atom is -0.478 e. The van der Waals surface area contributed by atoms with Gasteiger partial charge in [-0.05, 0) is 43.9 Å². The molecule has 1 unspecified atom stereocenters. The molecule has 21 heavy (non-hydrogen) atoms. The molecule has 1 aromatic carbocycles. The van der Waals surface area contributed by atoms with E-state index in [9.17, 15) is 9.59 Å².